The Balaban J connectivity index is 1.53. The van der Waals surface area contributed by atoms with E-state index in [4.69, 9.17) is 0 Å². The van der Waals surface area contributed by atoms with Crippen LogP contribution in [0.15, 0.2) is 23.1 Å². The summed E-state index contributed by atoms with van der Waals surface area (Å²) in [5.41, 5.74) is -0.855. The van der Waals surface area contributed by atoms with E-state index in [1.54, 1.807) is 23.1 Å². The molecule has 1 saturated carbocycles. The molecule has 1 amide bonds. The van der Waals surface area contributed by atoms with Crippen LogP contribution >= 0.6 is 23.1 Å². The molecule has 122 valence electrons. The smallest absolute Gasteiger partial charge is 0.259 e. The Kier molecular flexibility index (Phi) is 3.72. The number of hydrogen-bond donors (Lipinski definition) is 1. The lowest BCUT2D eigenvalue weighted by atomic mass is 10.1. The normalized spacial score (nSPS) is 24.3. The number of thiazole rings is 1. The van der Waals surface area contributed by atoms with Gasteiger partial charge in [0.2, 0.25) is 5.67 Å². The second-order valence-corrected chi connectivity index (χ2v) is 8.10. The number of benzene rings is 1. The fourth-order valence-corrected chi connectivity index (χ4v) is 4.36. The number of thioether (sulfide) groups is 1. The van der Waals surface area contributed by atoms with Gasteiger partial charge in [-0.2, -0.15) is 0 Å². The molecule has 1 atom stereocenters. The fraction of sp³-hybridized carbons (Fsp3) is 0.500. The molecule has 0 bridgehead atoms. The first-order valence-corrected chi connectivity index (χ1v) is 9.81. The summed E-state index contributed by atoms with van der Waals surface area (Å²) in [5, 5.41) is 3.59. The van der Waals surface area contributed by atoms with E-state index in [1.165, 1.54) is 4.90 Å². The topological polar surface area (TPSA) is 45.2 Å². The lowest BCUT2D eigenvalue weighted by Gasteiger charge is -2.19. The Bertz CT molecular complexity index is 761. The predicted molar refractivity (Wildman–Crippen MR) is 93.2 cm³/mol. The summed E-state index contributed by atoms with van der Waals surface area (Å²) in [6.07, 6.45) is 4.22. The molecule has 1 N–H and O–H groups in total. The summed E-state index contributed by atoms with van der Waals surface area (Å²) in [7, 11) is 0. The molecule has 1 aromatic heterocycles. The SMILES string of the molecule is CSc1ccc2nc(N3CCC(F)(C(=O)NC4CC4)C3)sc2c1. The van der Waals surface area contributed by atoms with E-state index in [0.29, 0.717) is 6.54 Å². The lowest BCUT2D eigenvalue weighted by molar-refractivity contribution is -0.131. The molecule has 1 aliphatic carbocycles. The fourth-order valence-electron chi connectivity index (χ4n) is 2.82. The minimum Gasteiger partial charge on any atom is -0.351 e. The molecule has 0 radical (unpaired) electrons. The van der Waals surface area contributed by atoms with Crippen molar-refractivity contribution in [2.45, 2.75) is 35.9 Å². The molecular weight excluding hydrogens is 333 g/mol. The number of carbonyl (C=O) groups is 1. The summed E-state index contributed by atoms with van der Waals surface area (Å²) in [4.78, 5) is 19.8. The molecule has 23 heavy (non-hydrogen) atoms. The van der Waals surface area contributed by atoms with E-state index in [-0.39, 0.29) is 19.0 Å². The van der Waals surface area contributed by atoms with E-state index in [0.717, 1.165) is 28.2 Å². The minimum atomic E-state index is -1.79. The van der Waals surface area contributed by atoms with Crippen molar-refractivity contribution in [2.24, 2.45) is 0 Å². The van der Waals surface area contributed by atoms with Crippen molar-refractivity contribution in [3.8, 4) is 0 Å². The van der Waals surface area contributed by atoms with Crippen LogP contribution in [0.4, 0.5) is 9.52 Å². The van der Waals surface area contributed by atoms with Gasteiger partial charge in [0.25, 0.3) is 5.91 Å². The molecule has 2 heterocycles. The second-order valence-electron chi connectivity index (χ2n) is 6.21. The van der Waals surface area contributed by atoms with E-state index < -0.39 is 11.6 Å². The van der Waals surface area contributed by atoms with Gasteiger partial charge in [-0.05, 0) is 37.3 Å². The number of nitrogens with one attached hydrogen (secondary N) is 1. The van der Waals surface area contributed by atoms with Crippen molar-refractivity contribution in [3.63, 3.8) is 0 Å². The third-order valence-corrected chi connectivity index (χ3v) is 6.20. The number of alkyl halides is 1. The van der Waals surface area contributed by atoms with Gasteiger partial charge in [0.1, 0.15) is 0 Å². The van der Waals surface area contributed by atoms with Gasteiger partial charge in [-0.25, -0.2) is 9.37 Å². The van der Waals surface area contributed by atoms with Crippen LogP contribution in [0.1, 0.15) is 19.3 Å². The average Bonchev–Trinajstić information content (AvgIpc) is 3.11. The zero-order valence-electron chi connectivity index (χ0n) is 12.8. The van der Waals surface area contributed by atoms with E-state index in [1.807, 2.05) is 23.3 Å². The van der Waals surface area contributed by atoms with Crippen LogP contribution < -0.4 is 10.2 Å². The number of carbonyl (C=O) groups excluding carboxylic acids is 1. The molecule has 4 nitrogen and oxygen atoms in total. The zero-order valence-corrected chi connectivity index (χ0v) is 14.5. The van der Waals surface area contributed by atoms with Crippen molar-refractivity contribution < 1.29 is 9.18 Å². The van der Waals surface area contributed by atoms with Gasteiger partial charge < -0.3 is 10.2 Å². The molecule has 2 aromatic rings. The summed E-state index contributed by atoms with van der Waals surface area (Å²) in [6.45, 7) is 0.630. The van der Waals surface area contributed by atoms with Gasteiger partial charge in [0, 0.05) is 23.9 Å². The van der Waals surface area contributed by atoms with E-state index in [2.05, 4.69) is 16.4 Å². The predicted octanol–water partition coefficient (Wildman–Crippen LogP) is 3.22. The maximum atomic E-state index is 14.9. The molecule has 7 heteroatoms. The van der Waals surface area contributed by atoms with Crippen LogP contribution in [0.5, 0.6) is 0 Å². The van der Waals surface area contributed by atoms with Crippen molar-refractivity contribution in [1.82, 2.24) is 10.3 Å². The zero-order chi connectivity index (χ0) is 16.0. The molecule has 1 aliphatic heterocycles. The average molecular weight is 351 g/mol. The molecule has 4 rings (SSSR count). The van der Waals surface area contributed by atoms with Gasteiger partial charge in [0.05, 0.1) is 16.8 Å². The first-order valence-electron chi connectivity index (χ1n) is 7.77. The number of anilines is 1. The minimum absolute atomic E-state index is 0.0980. The van der Waals surface area contributed by atoms with E-state index in [9.17, 15) is 9.18 Å². The molecule has 0 spiro atoms. The number of amides is 1. The highest BCUT2D eigenvalue weighted by atomic mass is 32.2. The number of halogens is 1. The Morgan fingerprint density at radius 2 is 2.35 bits per heavy atom. The number of rotatable bonds is 4. The first kappa shape index (κ1) is 15.2. The van der Waals surface area contributed by atoms with Gasteiger partial charge in [-0.3, -0.25) is 4.79 Å². The standard InChI is InChI=1S/C16H18FN3OS2/c1-22-11-4-5-12-13(8-11)23-15(19-12)20-7-6-16(17,9-20)14(21)18-10-2-3-10/h4-5,8,10H,2-3,6-7,9H2,1H3,(H,18,21). The highest BCUT2D eigenvalue weighted by Crippen LogP contribution is 2.36. The second kappa shape index (κ2) is 5.63. The number of nitrogens with zero attached hydrogens (tertiary/aromatic N) is 2. The molecule has 2 fully saturated rings. The van der Waals surface area contributed by atoms with Crippen molar-refractivity contribution in [1.29, 1.82) is 0 Å². The number of aromatic nitrogens is 1. The largest absolute Gasteiger partial charge is 0.351 e. The van der Waals surface area contributed by atoms with Crippen molar-refractivity contribution >= 4 is 44.4 Å². The molecule has 1 saturated heterocycles. The Labute approximate surface area is 142 Å². The van der Waals surface area contributed by atoms with Gasteiger partial charge in [-0.1, -0.05) is 11.3 Å². The van der Waals surface area contributed by atoms with Gasteiger partial charge >= 0.3 is 0 Å². The third-order valence-electron chi connectivity index (χ3n) is 4.39. The van der Waals surface area contributed by atoms with Gasteiger partial charge in [-0.15, -0.1) is 11.8 Å². The molecule has 2 aliphatic rings. The summed E-state index contributed by atoms with van der Waals surface area (Å²) in [6, 6.07) is 6.35. The Hall–Kier alpha value is -1.34. The Morgan fingerprint density at radius 1 is 1.52 bits per heavy atom. The van der Waals surface area contributed by atoms with Crippen LogP contribution in [-0.4, -0.2) is 41.9 Å². The highest BCUT2D eigenvalue weighted by Gasteiger charge is 2.47. The third kappa shape index (κ3) is 2.92. The van der Waals surface area contributed by atoms with E-state index >= 15 is 0 Å². The van der Waals surface area contributed by atoms with Crippen LogP contribution in [0, 0.1) is 0 Å². The quantitative estimate of drug-likeness (QED) is 0.859. The summed E-state index contributed by atoms with van der Waals surface area (Å²) < 4.78 is 16.0. The molecule has 1 unspecified atom stereocenters. The van der Waals surface area contributed by atoms with Crippen LogP contribution in [-0.2, 0) is 4.79 Å². The van der Waals surface area contributed by atoms with Crippen LogP contribution in [0.25, 0.3) is 10.2 Å². The summed E-state index contributed by atoms with van der Waals surface area (Å²) >= 11 is 3.26. The summed E-state index contributed by atoms with van der Waals surface area (Å²) in [5.74, 6) is -0.451. The maximum Gasteiger partial charge on any atom is 0.259 e. The van der Waals surface area contributed by atoms with Gasteiger partial charge in [0.15, 0.2) is 5.13 Å². The number of hydrogen-bond acceptors (Lipinski definition) is 5. The van der Waals surface area contributed by atoms with Crippen molar-refractivity contribution in [2.75, 3.05) is 24.2 Å². The first-order chi connectivity index (χ1) is 11.1. The maximum absolute atomic E-state index is 14.9. The monoisotopic (exact) mass is 351 g/mol. The molecular formula is C16H18FN3OS2. The Morgan fingerprint density at radius 3 is 3.09 bits per heavy atom. The van der Waals surface area contributed by atoms with Crippen molar-refractivity contribution in [3.05, 3.63) is 18.2 Å². The number of fused-ring (bicyclic) bond motifs is 1. The lowest BCUT2D eigenvalue weighted by Crippen LogP contribution is -2.46. The van der Waals surface area contributed by atoms with Crippen LogP contribution in [0.2, 0.25) is 0 Å². The highest BCUT2D eigenvalue weighted by molar-refractivity contribution is 7.98. The molecule has 1 aromatic carbocycles. The van der Waals surface area contributed by atoms with Crippen LogP contribution in [0.3, 0.4) is 0 Å².